The molecular weight excluding hydrogens is 142 g/mol. The highest BCUT2D eigenvalue weighted by atomic mass is 28.2. The quantitative estimate of drug-likeness (QED) is 0.449. The Balaban J connectivity index is 2.77. The van der Waals surface area contributed by atoms with Gasteiger partial charge in [-0.15, -0.1) is 0 Å². The number of hydrogen-bond donors (Lipinski definition) is 1. The highest BCUT2D eigenvalue weighted by Gasteiger charge is 1.92. The summed E-state index contributed by atoms with van der Waals surface area (Å²) in [5.41, 5.74) is 5.35. The Morgan fingerprint density at radius 1 is 1.50 bits per heavy atom. The van der Waals surface area contributed by atoms with Crippen molar-refractivity contribution in [2.24, 2.45) is 5.73 Å². The molecular formula is C7H19NOSi. The van der Waals surface area contributed by atoms with Gasteiger partial charge in [0.25, 0.3) is 0 Å². The van der Waals surface area contributed by atoms with Gasteiger partial charge in [-0.2, -0.15) is 0 Å². The fraction of sp³-hybridized carbons (Fsp3) is 1.00. The van der Waals surface area contributed by atoms with E-state index in [1.165, 1.54) is 12.5 Å². The number of nitrogens with two attached hydrogens (primary N) is 1. The number of rotatable bonds is 6. The molecule has 62 valence electrons. The Bertz CT molecular complexity index is 68.6. The minimum atomic E-state index is 0.0553. The van der Waals surface area contributed by atoms with Crippen LogP contribution in [0, 0.1) is 0 Å². The maximum atomic E-state index is 5.41. The first-order chi connectivity index (χ1) is 4.77. The van der Waals surface area contributed by atoms with Crippen LogP contribution in [-0.4, -0.2) is 28.4 Å². The SMILES string of the molecule is CC(C)OC[SiH2]CCCN. The van der Waals surface area contributed by atoms with E-state index in [1.54, 1.807) is 0 Å². The van der Waals surface area contributed by atoms with Gasteiger partial charge < -0.3 is 10.5 Å². The molecule has 0 spiro atoms. The molecule has 0 atom stereocenters. The predicted molar refractivity (Wildman–Crippen MR) is 48.1 cm³/mol. The van der Waals surface area contributed by atoms with E-state index < -0.39 is 0 Å². The van der Waals surface area contributed by atoms with Crippen molar-refractivity contribution in [3.63, 3.8) is 0 Å². The van der Waals surface area contributed by atoms with Gasteiger partial charge >= 0.3 is 0 Å². The van der Waals surface area contributed by atoms with Gasteiger partial charge in [-0.3, -0.25) is 0 Å². The topological polar surface area (TPSA) is 35.2 Å². The first kappa shape index (κ1) is 10.1. The second-order valence-corrected chi connectivity index (χ2v) is 4.59. The molecule has 0 aromatic rings. The lowest BCUT2D eigenvalue weighted by Crippen LogP contribution is -2.10. The standard InChI is InChI=1S/C7H19NOSi/c1-7(2)9-6-10-5-3-4-8/h7H,3-6,8,10H2,1-2H3. The summed E-state index contributed by atoms with van der Waals surface area (Å²) in [6.45, 7) is 5.00. The molecule has 0 amide bonds. The van der Waals surface area contributed by atoms with E-state index in [4.69, 9.17) is 10.5 Å². The maximum absolute atomic E-state index is 5.41. The molecule has 0 saturated heterocycles. The summed E-state index contributed by atoms with van der Waals surface area (Å²) in [5.74, 6) is 0. The average molecular weight is 161 g/mol. The van der Waals surface area contributed by atoms with E-state index in [0.29, 0.717) is 6.10 Å². The average Bonchev–Trinajstić information content (AvgIpc) is 1.87. The van der Waals surface area contributed by atoms with Crippen LogP contribution < -0.4 is 5.73 Å². The molecule has 0 rings (SSSR count). The highest BCUT2D eigenvalue weighted by molar-refractivity contribution is 6.35. The van der Waals surface area contributed by atoms with Crippen molar-refractivity contribution >= 4 is 9.52 Å². The molecule has 0 fully saturated rings. The number of hydrogen-bond acceptors (Lipinski definition) is 2. The summed E-state index contributed by atoms with van der Waals surface area (Å²) in [6.07, 6.45) is 2.62. The van der Waals surface area contributed by atoms with Crippen molar-refractivity contribution in [1.29, 1.82) is 0 Å². The Morgan fingerprint density at radius 2 is 2.20 bits per heavy atom. The van der Waals surface area contributed by atoms with Crippen LogP contribution in [0.15, 0.2) is 0 Å². The summed E-state index contributed by atoms with van der Waals surface area (Å²) in [5, 5.41) is 0. The highest BCUT2D eigenvalue weighted by Crippen LogP contribution is 1.89. The van der Waals surface area contributed by atoms with Crippen molar-refractivity contribution in [3.8, 4) is 0 Å². The zero-order valence-corrected chi connectivity index (χ0v) is 8.51. The summed E-state index contributed by atoms with van der Waals surface area (Å²) in [7, 11) is 0.0553. The molecule has 0 aliphatic carbocycles. The molecule has 0 heterocycles. The Morgan fingerprint density at radius 3 is 2.70 bits per heavy atom. The van der Waals surface area contributed by atoms with E-state index >= 15 is 0 Å². The number of ether oxygens (including phenoxy) is 1. The summed E-state index contributed by atoms with van der Waals surface area (Å²) in [4.78, 5) is 0. The van der Waals surface area contributed by atoms with Crippen molar-refractivity contribution in [3.05, 3.63) is 0 Å². The molecule has 0 radical (unpaired) electrons. The molecule has 10 heavy (non-hydrogen) atoms. The third-order valence-electron chi connectivity index (χ3n) is 1.30. The van der Waals surface area contributed by atoms with Crippen LogP contribution in [-0.2, 0) is 4.74 Å². The van der Waals surface area contributed by atoms with Crippen LogP contribution in [0.2, 0.25) is 6.04 Å². The van der Waals surface area contributed by atoms with Crippen LogP contribution in [0.1, 0.15) is 20.3 Å². The van der Waals surface area contributed by atoms with Crippen LogP contribution in [0.25, 0.3) is 0 Å². The minimum Gasteiger partial charge on any atom is -0.383 e. The van der Waals surface area contributed by atoms with Crippen molar-refractivity contribution in [1.82, 2.24) is 0 Å². The molecule has 0 aromatic carbocycles. The molecule has 2 nitrogen and oxygen atoms in total. The largest absolute Gasteiger partial charge is 0.383 e. The lowest BCUT2D eigenvalue weighted by atomic mass is 10.5. The maximum Gasteiger partial charge on any atom is 0.0517 e. The molecule has 0 aliphatic rings. The van der Waals surface area contributed by atoms with Crippen LogP contribution in [0.4, 0.5) is 0 Å². The van der Waals surface area contributed by atoms with Gasteiger partial charge in [-0.1, -0.05) is 6.04 Å². The monoisotopic (exact) mass is 161 g/mol. The lowest BCUT2D eigenvalue weighted by Gasteiger charge is -2.05. The Labute approximate surface area is 66.0 Å². The van der Waals surface area contributed by atoms with Gasteiger partial charge in [0.15, 0.2) is 0 Å². The van der Waals surface area contributed by atoms with E-state index in [0.717, 1.165) is 12.8 Å². The van der Waals surface area contributed by atoms with Gasteiger partial charge in [-0.25, -0.2) is 0 Å². The third-order valence-corrected chi connectivity index (χ3v) is 2.82. The minimum absolute atomic E-state index is 0.0553. The van der Waals surface area contributed by atoms with E-state index in [1.807, 2.05) is 0 Å². The zero-order valence-electron chi connectivity index (χ0n) is 7.10. The van der Waals surface area contributed by atoms with Gasteiger partial charge in [0.2, 0.25) is 0 Å². The first-order valence-electron chi connectivity index (χ1n) is 4.09. The molecule has 2 N–H and O–H groups in total. The molecule has 3 heteroatoms. The normalized spacial score (nSPS) is 12.0. The van der Waals surface area contributed by atoms with Crippen molar-refractivity contribution in [2.45, 2.75) is 32.4 Å². The Kier molecular flexibility index (Phi) is 7.35. The van der Waals surface area contributed by atoms with Gasteiger partial charge in [0, 0.05) is 6.23 Å². The van der Waals surface area contributed by atoms with Gasteiger partial charge in [0.05, 0.1) is 15.6 Å². The van der Waals surface area contributed by atoms with Gasteiger partial charge in [0.1, 0.15) is 0 Å². The van der Waals surface area contributed by atoms with Crippen LogP contribution >= 0.6 is 0 Å². The second kappa shape index (κ2) is 7.25. The van der Waals surface area contributed by atoms with E-state index in [-0.39, 0.29) is 9.52 Å². The lowest BCUT2D eigenvalue weighted by molar-refractivity contribution is 0.115. The predicted octanol–water partition coefficient (Wildman–Crippen LogP) is 0.305. The van der Waals surface area contributed by atoms with E-state index in [9.17, 15) is 0 Å². The molecule has 0 saturated carbocycles. The molecule has 0 bridgehead atoms. The molecule has 0 unspecified atom stereocenters. The molecule has 0 aromatic heterocycles. The smallest absolute Gasteiger partial charge is 0.0517 e. The zero-order chi connectivity index (χ0) is 7.82. The summed E-state index contributed by atoms with van der Waals surface area (Å²) in [6, 6.07) is 1.34. The van der Waals surface area contributed by atoms with Crippen LogP contribution in [0.3, 0.4) is 0 Å². The molecule has 0 aliphatic heterocycles. The van der Waals surface area contributed by atoms with Crippen molar-refractivity contribution < 1.29 is 4.74 Å². The summed E-state index contributed by atoms with van der Waals surface area (Å²) < 4.78 is 5.41. The first-order valence-corrected chi connectivity index (χ1v) is 6.09. The third kappa shape index (κ3) is 8.14. The second-order valence-electron chi connectivity index (χ2n) is 2.77. The van der Waals surface area contributed by atoms with Crippen molar-refractivity contribution in [2.75, 3.05) is 12.8 Å². The fourth-order valence-corrected chi connectivity index (χ4v) is 2.23. The fourth-order valence-electron chi connectivity index (χ4n) is 0.742. The van der Waals surface area contributed by atoms with E-state index in [2.05, 4.69) is 13.8 Å². The Hall–Kier alpha value is 0.137. The summed E-state index contributed by atoms with van der Waals surface area (Å²) >= 11 is 0. The van der Waals surface area contributed by atoms with Gasteiger partial charge in [-0.05, 0) is 26.8 Å². The van der Waals surface area contributed by atoms with Crippen LogP contribution in [0.5, 0.6) is 0 Å².